The summed E-state index contributed by atoms with van der Waals surface area (Å²) in [6.07, 6.45) is 2.46. The predicted octanol–water partition coefficient (Wildman–Crippen LogP) is 2.58. The van der Waals surface area contributed by atoms with Gasteiger partial charge in [0.05, 0.1) is 5.52 Å². The van der Waals surface area contributed by atoms with E-state index in [9.17, 15) is 4.39 Å². The molecule has 0 aliphatic heterocycles. The molecule has 4 heteroatoms. The lowest BCUT2D eigenvalue weighted by Gasteiger charge is -2.20. The van der Waals surface area contributed by atoms with Crippen molar-refractivity contribution in [3.05, 3.63) is 41.8 Å². The Bertz CT molecular complexity index is 545. The molecule has 0 saturated carbocycles. The van der Waals surface area contributed by atoms with Crippen molar-refractivity contribution in [1.82, 2.24) is 9.88 Å². The lowest BCUT2D eigenvalue weighted by molar-refractivity contribution is 0.225. The number of aliphatic hydroxyl groups excluding tert-OH is 1. The summed E-state index contributed by atoms with van der Waals surface area (Å²) in [5, 5.41) is 9.72. The molecule has 0 fully saturated rings. The Morgan fingerprint density at radius 1 is 1.37 bits per heavy atom. The molecule has 1 aromatic carbocycles. The molecular formula is C15H19FN2O. The van der Waals surface area contributed by atoms with Crippen LogP contribution in [0.1, 0.15) is 18.9 Å². The Hall–Kier alpha value is -1.52. The Labute approximate surface area is 112 Å². The van der Waals surface area contributed by atoms with Crippen molar-refractivity contribution in [1.29, 1.82) is 0 Å². The highest BCUT2D eigenvalue weighted by Gasteiger charge is 2.09. The van der Waals surface area contributed by atoms with Crippen molar-refractivity contribution in [2.45, 2.75) is 19.9 Å². The number of aliphatic hydroxyl groups is 1. The summed E-state index contributed by atoms with van der Waals surface area (Å²) in [7, 11) is 0. The quantitative estimate of drug-likeness (QED) is 0.869. The monoisotopic (exact) mass is 262 g/mol. The average molecular weight is 262 g/mol. The highest BCUT2D eigenvalue weighted by molar-refractivity contribution is 5.81. The van der Waals surface area contributed by atoms with Gasteiger partial charge < -0.3 is 5.11 Å². The van der Waals surface area contributed by atoms with Crippen LogP contribution < -0.4 is 0 Å². The number of fused-ring (bicyclic) bond motifs is 1. The van der Waals surface area contributed by atoms with Gasteiger partial charge in [-0.1, -0.05) is 13.0 Å². The van der Waals surface area contributed by atoms with E-state index < -0.39 is 0 Å². The fraction of sp³-hybridized carbons (Fsp3) is 0.400. The van der Waals surface area contributed by atoms with Gasteiger partial charge in [-0.3, -0.25) is 9.88 Å². The molecule has 0 atom stereocenters. The van der Waals surface area contributed by atoms with Crippen LogP contribution in [0, 0.1) is 5.82 Å². The van der Waals surface area contributed by atoms with E-state index in [4.69, 9.17) is 5.11 Å². The van der Waals surface area contributed by atoms with E-state index in [1.54, 1.807) is 12.3 Å². The van der Waals surface area contributed by atoms with Gasteiger partial charge in [-0.15, -0.1) is 0 Å². The number of rotatable bonds is 6. The van der Waals surface area contributed by atoms with Crippen LogP contribution in [0.15, 0.2) is 30.5 Å². The minimum absolute atomic E-state index is 0.179. The highest BCUT2D eigenvalue weighted by atomic mass is 19.1. The van der Waals surface area contributed by atoms with Gasteiger partial charge in [0.1, 0.15) is 5.82 Å². The Kier molecular flexibility index (Phi) is 4.82. The molecule has 3 nitrogen and oxygen atoms in total. The zero-order chi connectivity index (χ0) is 13.7. The predicted molar refractivity (Wildman–Crippen MR) is 74.4 cm³/mol. The molecule has 0 spiro atoms. The van der Waals surface area contributed by atoms with Crippen LogP contribution in [0.5, 0.6) is 0 Å². The molecule has 19 heavy (non-hydrogen) atoms. The van der Waals surface area contributed by atoms with Crippen molar-refractivity contribution in [3.8, 4) is 0 Å². The SMILES string of the molecule is CCN(CCCO)Cc1cc(F)cc2cccnc12. The molecule has 102 valence electrons. The molecule has 0 unspecified atom stereocenters. The summed E-state index contributed by atoms with van der Waals surface area (Å²) < 4.78 is 13.6. The second-order valence-electron chi connectivity index (χ2n) is 4.59. The fourth-order valence-electron chi connectivity index (χ4n) is 2.23. The van der Waals surface area contributed by atoms with E-state index in [0.717, 1.165) is 36.0 Å². The molecule has 0 radical (unpaired) electrons. The van der Waals surface area contributed by atoms with Crippen LogP contribution in [0.25, 0.3) is 10.9 Å². The number of hydrogen-bond donors (Lipinski definition) is 1. The first-order valence-corrected chi connectivity index (χ1v) is 6.61. The first-order valence-electron chi connectivity index (χ1n) is 6.61. The summed E-state index contributed by atoms with van der Waals surface area (Å²) in [5.74, 6) is -0.228. The molecule has 0 aliphatic rings. The lowest BCUT2D eigenvalue weighted by Crippen LogP contribution is -2.25. The number of hydrogen-bond acceptors (Lipinski definition) is 3. The van der Waals surface area contributed by atoms with Gasteiger partial charge in [-0.2, -0.15) is 0 Å². The molecular weight excluding hydrogens is 243 g/mol. The smallest absolute Gasteiger partial charge is 0.124 e. The zero-order valence-corrected chi connectivity index (χ0v) is 11.1. The average Bonchev–Trinajstić information content (AvgIpc) is 2.43. The van der Waals surface area contributed by atoms with E-state index in [1.807, 2.05) is 12.1 Å². The fourth-order valence-corrected chi connectivity index (χ4v) is 2.23. The Balaban J connectivity index is 2.28. The third kappa shape index (κ3) is 3.49. The molecule has 1 heterocycles. The molecule has 0 saturated heterocycles. The maximum Gasteiger partial charge on any atom is 0.124 e. The summed E-state index contributed by atoms with van der Waals surface area (Å²) >= 11 is 0. The molecule has 0 amide bonds. The number of halogens is 1. The first-order chi connectivity index (χ1) is 9.24. The van der Waals surface area contributed by atoms with Crippen molar-refractivity contribution < 1.29 is 9.50 Å². The van der Waals surface area contributed by atoms with Crippen molar-refractivity contribution in [3.63, 3.8) is 0 Å². The van der Waals surface area contributed by atoms with E-state index in [0.29, 0.717) is 6.54 Å². The Morgan fingerprint density at radius 2 is 2.21 bits per heavy atom. The molecule has 0 aliphatic carbocycles. The molecule has 1 aromatic heterocycles. The van der Waals surface area contributed by atoms with Gasteiger partial charge in [-0.25, -0.2) is 4.39 Å². The van der Waals surface area contributed by atoms with Crippen LogP contribution in [-0.4, -0.2) is 34.7 Å². The lowest BCUT2D eigenvalue weighted by atomic mass is 10.1. The van der Waals surface area contributed by atoms with Crippen LogP contribution in [-0.2, 0) is 6.54 Å². The Morgan fingerprint density at radius 3 is 2.95 bits per heavy atom. The summed E-state index contributed by atoms with van der Waals surface area (Å²) in [4.78, 5) is 6.53. The summed E-state index contributed by atoms with van der Waals surface area (Å²) in [6, 6.07) is 6.75. The normalized spacial score (nSPS) is 11.4. The van der Waals surface area contributed by atoms with Crippen molar-refractivity contribution in [2.75, 3.05) is 19.7 Å². The summed E-state index contributed by atoms with van der Waals surface area (Å²) in [6.45, 7) is 4.56. The van der Waals surface area contributed by atoms with E-state index in [2.05, 4.69) is 16.8 Å². The van der Waals surface area contributed by atoms with Gasteiger partial charge in [0.2, 0.25) is 0 Å². The van der Waals surface area contributed by atoms with E-state index in [-0.39, 0.29) is 12.4 Å². The third-order valence-corrected chi connectivity index (χ3v) is 3.22. The molecule has 2 rings (SSSR count). The zero-order valence-electron chi connectivity index (χ0n) is 11.1. The van der Waals surface area contributed by atoms with Crippen LogP contribution in [0.2, 0.25) is 0 Å². The topological polar surface area (TPSA) is 36.4 Å². The second kappa shape index (κ2) is 6.59. The van der Waals surface area contributed by atoms with Crippen molar-refractivity contribution >= 4 is 10.9 Å². The van der Waals surface area contributed by atoms with Gasteiger partial charge in [0.25, 0.3) is 0 Å². The van der Waals surface area contributed by atoms with E-state index in [1.165, 1.54) is 6.07 Å². The van der Waals surface area contributed by atoms with Crippen LogP contribution in [0.3, 0.4) is 0 Å². The van der Waals surface area contributed by atoms with Gasteiger partial charge >= 0.3 is 0 Å². The second-order valence-corrected chi connectivity index (χ2v) is 4.59. The molecule has 1 N–H and O–H groups in total. The largest absolute Gasteiger partial charge is 0.396 e. The number of nitrogens with zero attached hydrogens (tertiary/aromatic N) is 2. The number of pyridine rings is 1. The van der Waals surface area contributed by atoms with Crippen molar-refractivity contribution in [2.24, 2.45) is 0 Å². The summed E-state index contributed by atoms with van der Waals surface area (Å²) in [5.41, 5.74) is 1.75. The van der Waals surface area contributed by atoms with Crippen LogP contribution in [0.4, 0.5) is 4.39 Å². The van der Waals surface area contributed by atoms with Gasteiger partial charge in [-0.05, 0) is 36.7 Å². The number of benzene rings is 1. The van der Waals surface area contributed by atoms with Gasteiger partial charge in [0, 0.05) is 31.3 Å². The molecule has 2 aromatic rings. The highest BCUT2D eigenvalue weighted by Crippen LogP contribution is 2.20. The maximum absolute atomic E-state index is 13.6. The minimum Gasteiger partial charge on any atom is -0.396 e. The standard InChI is InChI=1S/C15H19FN2O/c1-2-18(7-4-8-19)11-13-10-14(16)9-12-5-3-6-17-15(12)13/h3,5-6,9-10,19H,2,4,7-8,11H2,1H3. The maximum atomic E-state index is 13.6. The first kappa shape index (κ1) is 13.9. The molecule has 0 bridgehead atoms. The van der Waals surface area contributed by atoms with Gasteiger partial charge in [0.15, 0.2) is 0 Å². The minimum atomic E-state index is -0.228. The van der Waals surface area contributed by atoms with E-state index >= 15 is 0 Å². The third-order valence-electron chi connectivity index (χ3n) is 3.22. The number of aromatic nitrogens is 1. The van der Waals surface area contributed by atoms with Crippen LogP contribution >= 0.6 is 0 Å².